The van der Waals surface area contributed by atoms with Crippen molar-refractivity contribution in [1.29, 1.82) is 0 Å². The van der Waals surface area contributed by atoms with Crippen molar-refractivity contribution in [2.24, 2.45) is 5.10 Å². The van der Waals surface area contributed by atoms with E-state index in [1.165, 1.54) is 6.21 Å². The first kappa shape index (κ1) is 17.5. The van der Waals surface area contributed by atoms with E-state index in [9.17, 15) is 4.79 Å². The van der Waals surface area contributed by atoms with E-state index in [-0.39, 0.29) is 5.91 Å². The van der Waals surface area contributed by atoms with Crippen molar-refractivity contribution in [1.82, 2.24) is 15.4 Å². The van der Waals surface area contributed by atoms with E-state index in [2.05, 4.69) is 20.5 Å². The third-order valence-electron chi connectivity index (χ3n) is 4.07. The molecule has 0 radical (unpaired) electrons. The number of aromatic nitrogens is 2. The summed E-state index contributed by atoms with van der Waals surface area (Å²) >= 11 is 0. The Morgan fingerprint density at radius 3 is 2.73 bits per heavy atom. The molecular formula is C20H20N4O2. The van der Waals surface area contributed by atoms with Gasteiger partial charge in [0.05, 0.1) is 23.4 Å². The number of amides is 1. The van der Waals surface area contributed by atoms with Gasteiger partial charge in [0.1, 0.15) is 11.4 Å². The van der Waals surface area contributed by atoms with Crippen molar-refractivity contribution < 1.29 is 9.53 Å². The zero-order chi connectivity index (χ0) is 18.5. The summed E-state index contributed by atoms with van der Waals surface area (Å²) in [5, 5.41) is 3.94. The van der Waals surface area contributed by atoms with Gasteiger partial charge in [-0.2, -0.15) is 5.10 Å². The molecule has 0 spiro atoms. The molecule has 1 atom stereocenters. The number of nitrogens with zero attached hydrogens (tertiary/aromatic N) is 3. The second-order valence-electron chi connectivity index (χ2n) is 5.98. The van der Waals surface area contributed by atoms with Crippen LogP contribution in [0.3, 0.4) is 0 Å². The van der Waals surface area contributed by atoms with Gasteiger partial charge in [-0.15, -0.1) is 0 Å². The minimum Gasteiger partial charge on any atom is -0.481 e. The van der Waals surface area contributed by atoms with Crippen LogP contribution in [0.1, 0.15) is 23.7 Å². The Morgan fingerprint density at radius 2 is 1.92 bits per heavy atom. The van der Waals surface area contributed by atoms with Gasteiger partial charge in [0.2, 0.25) is 0 Å². The molecule has 1 heterocycles. The van der Waals surface area contributed by atoms with Gasteiger partial charge in [0.15, 0.2) is 6.10 Å². The van der Waals surface area contributed by atoms with Crippen LogP contribution < -0.4 is 10.2 Å². The Balaban J connectivity index is 1.61. The van der Waals surface area contributed by atoms with Gasteiger partial charge in [-0.3, -0.25) is 9.78 Å². The number of rotatable bonds is 5. The number of hydrogen-bond acceptors (Lipinski definition) is 5. The SMILES string of the molecule is Cc1cccc(O[C@H](C)C(=O)N/N=C\c2cnc3ccccc3n2)c1C. The average molecular weight is 348 g/mol. The van der Waals surface area contributed by atoms with Crippen molar-refractivity contribution in [3.63, 3.8) is 0 Å². The summed E-state index contributed by atoms with van der Waals surface area (Å²) in [6, 6.07) is 13.3. The lowest BCUT2D eigenvalue weighted by Crippen LogP contribution is -2.33. The van der Waals surface area contributed by atoms with Gasteiger partial charge in [0, 0.05) is 0 Å². The van der Waals surface area contributed by atoms with Crippen molar-refractivity contribution in [3.05, 3.63) is 65.5 Å². The van der Waals surface area contributed by atoms with E-state index in [1.54, 1.807) is 13.1 Å². The summed E-state index contributed by atoms with van der Waals surface area (Å²) in [6.45, 7) is 5.65. The van der Waals surface area contributed by atoms with Gasteiger partial charge in [-0.1, -0.05) is 24.3 Å². The lowest BCUT2D eigenvalue weighted by molar-refractivity contribution is -0.127. The summed E-state index contributed by atoms with van der Waals surface area (Å²) in [6.07, 6.45) is 2.39. The highest BCUT2D eigenvalue weighted by molar-refractivity contribution is 5.85. The molecule has 3 rings (SSSR count). The van der Waals surface area contributed by atoms with Crippen molar-refractivity contribution in [3.8, 4) is 5.75 Å². The molecule has 1 aromatic heterocycles. The standard InChI is InChI=1S/C20H20N4O2/c1-13-7-6-10-19(14(13)2)26-15(3)20(25)24-22-12-16-11-21-17-8-4-5-9-18(17)23-16/h4-12,15H,1-3H3,(H,24,25)/b22-12-/t15-/m1/s1. The molecule has 0 saturated heterocycles. The smallest absolute Gasteiger partial charge is 0.280 e. The quantitative estimate of drug-likeness (QED) is 0.567. The minimum absolute atomic E-state index is 0.337. The van der Waals surface area contributed by atoms with Crippen LogP contribution in [-0.2, 0) is 4.79 Å². The molecule has 6 nitrogen and oxygen atoms in total. The first-order valence-electron chi connectivity index (χ1n) is 8.32. The summed E-state index contributed by atoms with van der Waals surface area (Å²) in [4.78, 5) is 20.9. The largest absolute Gasteiger partial charge is 0.481 e. The maximum absolute atomic E-state index is 12.2. The van der Waals surface area contributed by atoms with Gasteiger partial charge in [-0.25, -0.2) is 10.4 Å². The van der Waals surface area contributed by atoms with E-state index in [0.717, 1.165) is 22.2 Å². The van der Waals surface area contributed by atoms with E-state index in [0.29, 0.717) is 11.4 Å². The number of ether oxygens (including phenoxy) is 1. The van der Waals surface area contributed by atoms with Crippen molar-refractivity contribution in [2.45, 2.75) is 26.9 Å². The summed E-state index contributed by atoms with van der Waals surface area (Å²) in [5.41, 5.74) is 6.74. The molecule has 0 fully saturated rings. The zero-order valence-electron chi connectivity index (χ0n) is 14.9. The molecular weight excluding hydrogens is 328 g/mol. The fraction of sp³-hybridized carbons (Fsp3) is 0.200. The fourth-order valence-electron chi connectivity index (χ4n) is 2.38. The van der Waals surface area contributed by atoms with Crippen LogP contribution in [0.25, 0.3) is 11.0 Å². The maximum Gasteiger partial charge on any atom is 0.280 e. The van der Waals surface area contributed by atoms with Crippen LogP contribution in [-0.4, -0.2) is 28.2 Å². The Labute approximate surface area is 151 Å². The molecule has 0 aliphatic carbocycles. The second-order valence-corrected chi connectivity index (χ2v) is 5.98. The van der Waals surface area contributed by atoms with Crippen LogP contribution >= 0.6 is 0 Å². The van der Waals surface area contributed by atoms with Crippen LogP contribution in [0, 0.1) is 13.8 Å². The molecule has 26 heavy (non-hydrogen) atoms. The normalized spacial score (nSPS) is 12.3. The second kappa shape index (κ2) is 7.74. The molecule has 1 N–H and O–H groups in total. The highest BCUT2D eigenvalue weighted by atomic mass is 16.5. The topological polar surface area (TPSA) is 76.5 Å². The molecule has 0 unspecified atom stereocenters. The monoisotopic (exact) mass is 348 g/mol. The number of carbonyl (C=O) groups excluding carboxylic acids is 1. The molecule has 6 heteroatoms. The Kier molecular flexibility index (Phi) is 5.22. The van der Waals surface area contributed by atoms with Crippen molar-refractivity contribution in [2.75, 3.05) is 0 Å². The number of hydrogen-bond donors (Lipinski definition) is 1. The van der Waals surface area contributed by atoms with E-state index >= 15 is 0 Å². The van der Waals surface area contributed by atoms with E-state index in [4.69, 9.17) is 4.74 Å². The third kappa shape index (κ3) is 4.03. The first-order valence-corrected chi connectivity index (χ1v) is 8.32. The number of aryl methyl sites for hydroxylation is 1. The lowest BCUT2D eigenvalue weighted by atomic mass is 10.1. The average Bonchev–Trinajstić information content (AvgIpc) is 2.65. The van der Waals surface area contributed by atoms with Gasteiger partial charge < -0.3 is 4.74 Å². The molecule has 0 aliphatic rings. The molecule has 3 aromatic rings. The van der Waals surface area contributed by atoms with Gasteiger partial charge in [0.25, 0.3) is 5.91 Å². The number of hydrazone groups is 1. The number of carbonyl (C=O) groups is 1. The van der Waals surface area contributed by atoms with Crippen molar-refractivity contribution >= 4 is 23.2 Å². The predicted octanol–water partition coefficient (Wildman–Crippen LogP) is 3.16. The van der Waals surface area contributed by atoms with Crippen LogP contribution in [0.15, 0.2) is 53.8 Å². The summed E-state index contributed by atoms with van der Waals surface area (Å²) in [5.74, 6) is 0.355. The maximum atomic E-state index is 12.2. The summed E-state index contributed by atoms with van der Waals surface area (Å²) in [7, 11) is 0. The zero-order valence-corrected chi connectivity index (χ0v) is 14.9. The van der Waals surface area contributed by atoms with E-state index in [1.807, 2.05) is 56.3 Å². The van der Waals surface area contributed by atoms with E-state index < -0.39 is 6.10 Å². The number of nitrogens with one attached hydrogen (secondary N) is 1. The Morgan fingerprint density at radius 1 is 1.15 bits per heavy atom. The number of fused-ring (bicyclic) bond motifs is 1. The fourth-order valence-corrected chi connectivity index (χ4v) is 2.38. The molecule has 2 aromatic carbocycles. The Bertz CT molecular complexity index is 969. The molecule has 132 valence electrons. The third-order valence-corrected chi connectivity index (χ3v) is 4.07. The van der Waals surface area contributed by atoms with Crippen LogP contribution in [0.5, 0.6) is 5.75 Å². The van der Waals surface area contributed by atoms with Gasteiger partial charge >= 0.3 is 0 Å². The molecule has 0 aliphatic heterocycles. The number of para-hydroxylation sites is 2. The minimum atomic E-state index is -0.671. The number of benzene rings is 2. The highest BCUT2D eigenvalue weighted by Crippen LogP contribution is 2.21. The van der Waals surface area contributed by atoms with Crippen LogP contribution in [0.4, 0.5) is 0 Å². The molecule has 1 amide bonds. The molecule has 0 saturated carbocycles. The van der Waals surface area contributed by atoms with Crippen LogP contribution in [0.2, 0.25) is 0 Å². The summed E-state index contributed by atoms with van der Waals surface area (Å²) < 4.78 is 5.73. The van der Waals surface area contributed by atoms with Gasteiger partial charge in [-0.05, 0) is 50.1 Å². The Hall–Kier alpha value is -3.28. The highest BCUT2D eigenvalue weighted by Gasteiger charge is 2.15. The lowest BCUT2D eigenvalue weighted by Gasteiger charge is -2.15. The molecule has 0 bridgehead atoms. The first-order chi connectivity index (χ1) is 12.5. The predicted molar refractivity (Wildman–Crippen MR) is 101 cm³/mol.